The maximum Gasteiger partial charge on any atom is 0.160 e. The van der Waals surface area contributed by atoms with Crippen LogP contribution in [0, 0.1) is 5.92 Å². The fourth-order valence-electron chi connectivity index (χ4n) is 4.36. The summed E-state index contributed by atoms with van der Waals surface area (Å²) in [5.74, 6) is 0.310. The van der Waals surface area contributed by atoms with Gasteiger partial charge in [-0.3, -0.25) is 9.63 Å². The molecule has 0 N–H and O–H groups in total. The molecule has 5 nitrogen and oxygen atoms in total. The molecule has 0 aliphatic carbocycles. The predicted octanol–water partition coefficient (Wildman–Crippen LogP) is 3.77. The molecule has 0 radical (unpaired) electrons. The molecule has 0 spiro atoms. The Balaban J connectivity index is 1.42. The molecule has 5 atom stereocenters. The minimum Gasteiger partial charge on any atom is -0.375 e. The number of hydrogen-bond donors (Lipinski definition) is 0. The lowest BCUT2D eigenvalue weighted by Crippen LogP contribution is -2.37. The Morgan fingerprint density at radius 2 is 1.66 bits per heavy atom. The summed E-state index contributed by atoms with van der Waals surface area (Å²) in [5, 5.41) is 1.98. The van der Waals surface area contributed by atoms with Crippen molar-refractivity contribution in [2.75, 3.05) is 6.61 Å². The summed E-state index contributed by atoms with van der Waals surface area (Å²) in [6, 6.07) is 20.5. The van der Waals surface area contributed by atoms with Crippen LogP contribution < -0.4 is 0 Å². The highest BCUT2D eigenvalue weighted by molar-refractivity contribution is 5.80. The second-order valence-electron chi connectivity index (χ2n) is 8.06. The topological polar surface area (TPSA) is 48.0 Å². The van der Waals surface area contributed by atoms with Crippen molar-refractivity contribution in [3.63, 3.8) is 0 Å². The molecule has 5 heteroatoms. The summed E-state index contributed by atoms with van der Waals surface area (Å²) < 4.78 is 12.4. The van der Waals surface area contributed by atoms with Crippen molar-refractivity contribution in [3.8, 4) is 0 Å². The molecule has 2 saturated heterocycles. The van der Waals surface area contributed by atoms with Crippen LogP contribution in [0.2, 0.25) is 0 Å². The van der Waals surface area contributed by atoms with E-state index in [1.807, 2.05) is 41.5 Å². The summed E-state index contributed by atoms with van der Waals surface area (Å²) in [7, 11) is 0. The third kappa shape index (κ3) is 4.59. The zero-order valence-corrected chi connectivity index (χ0v) is 17.1. The van der Waals surface area contributed by atoms with Crippen LogP contribution in [0.15, 0.2) is 60.7 Å². The highest BCUT2D eigenvalue weighted by Crippen LogP contribution is 2.40. The lowest BCUT2D eigenvalue weighted by Gasteiger charge is -2.25. The molecule has 2 aromatic rings. The van der Waals surface area contributed by atoms with Crippen LogP contribution in [0.3, 0.4) is 0 Å². The van der Waals surface area contributed by atoms with Crippen LogP contribution in [0.1, 0.15) is 31.4 Å². The predicted molar refractivity (Wildman–Crippen MR) is 110 cm³/mol. The maximum absolute atomic E-state index is 11.9. The van der Waals surface area contributed by atoms with Crippen LogP contribution in [-0.2, 0) is 32.3 Å². The number of hydrogen-bond acceptors (Lipinski definition) is 5. The summed E-state index contributed by atoms with van der Waals surface area (Å²) in [4.78, 5) is 18.0. The molecule has 0 saturated carbocycles. The lowest BCUT2D eigenvalue weighted by atomic mass is 9.95. The Labute approximate surface area is 172 Å². The Morgan fingerprint density at radius 1 is 1.03 bits per heavy atom. The molecule has 0 amide bonds. The molecule has 0 unspecified atom stereocenters. The Hall–Kier alpha value is -2.05. The highest BCUT2D eigenvalue weighted by Gasteiger charge is 2.54. The van der Waals surface area contributed by atoms with Gasteiger partial charge in [0.15, 0.2) is 5.78 Å². The summed E-state index contributed by atoms with van der Waals surface area (Å²) >= 11 is 0. The first-order valence-electron chi connectivity index (χ1n) is 10.4. The van der Waals surface area contributed by atoms with Crippen LogP contribution in [0.4, 0.5) is 0 Å². The van der Waals surface area contributed by atoms with Crippen molar-refractivity contribution in [1.29, 1.82) is 0 Å². The van der Waals surface area contributed by atoms with Gasteiger partial charge >= 0.3 is 0 Å². The third-order valence-electron chi connectivity index (χ3n) is 6.00. The number of hydroxylamine groups is 2. The van der Waals surface area contributed by atoms with E-state index >= 15 is 0 Å². The van der Waals surface area contributed by atoms with Crippen LogP contribution >= 0.6 is 0 Å². The number of carbonyl (C=O) groups is 1. The highest BCUT2D eigenvalue weighted by atomic mass is 16.7. The van der Waals surface area contributed by atoms with Crippen molar-refractivity contribution in [2.24, 2.45) is 5.92 Å². The monoisotopic (exact) mass is 395 g/mol. The molecule has 2 aliphatic heterocycles. The van der Waals surface area contributed by atoms with Crippen molar-refractivity contribution in [2.45, 2.75) is 57.8 Å². The molecule has 2 fully saturated rings. The second-order valence-corrected chi connectivity index (χ2v) is 8.06. The zero-order valence-electron chi connectivity index (χ0n) is 17.1. The normalized spacial score (nSPS) is 29.1. The first-order valence-corrected chi connectivity index (χ1v) is 10.4. The van der Waals surface area contributed by atoms with Crippen molar-refractivity contribution >= 4 is 5.78 Å². The number of carbonyl (C=O) groups excluding carboxylic acids is 1. The Kier molecular flexibility index (Phi) is 6.40. The maximum atomic E-state index is 11.9. The molecule has 154 valence electrons. The fraction of sp³-hybridized carbons (Fsp3) is 0.458. The number of ketones is 1. The van der Waals surface area contributed by atoms with E-state index in [-0.39, 0.29) is 36.0 Å². The average Bonchev–Trinajstić information content (AvgIpc) is 3.27. The van der Waals surface area contributed by atoms with Crippen LogP contribution in [0.25, 0.3) is 0 Å². The van der Waals surface area contributed by atoms with Gasteiger partial charge in [0.2, 0.25) is 0 Å². The summed E-state index contributed by atoms with van der Waals surface area (Å²) in [6.45, 7) is 5.45. The van der Waals surface area contributed by atoms with Crippen LogP contribution in [-0.4, -0.2) is 41.7 Å². The van der Waals surface area contributed by atoms with Gasteiger partial charge in [0.25, 0.3) is 0 Å². The Bertz CT molecular complexity index is 797. The minimum absolute atomic E-state index is 0.00452. The van der Waals surface area contributed by atoms with Crippen molar-refractivity contribution in [3.05, 3.63) is 71.8 Å². The van der Waals surface area contributed by atoms with Gasteiger partial charge < -0.3 is 9.47 Å². The largest absolute Gasteiger partial charge is 0.375 e. The van der Waals surface area contributed by atoms with E-state index in [9.17, 15) is 4.79 Å². The van der Waals surface area contributed by atoms with Gasteiger partial charge in [0.05, 0.1) is 38.0 Å². The number of fused-ring (bicyclic) bond motifs is 1. The number of Topliss-reactive ketones (excluding diaryl/α,β-unsaturated/α-hetero) is 1. The number of nitrogens with zero attached hydrogens (tertiary/aromatic N) is 1. The summed E-state index contributed by atoms with van der Waals surface area (Å²) in [6.07, 6.45) is 0.297. The number of rotatable bonds is 8. The smallest absolute Gasteiger partial charge is 0.160 e. The van der Waals surface area contributed by atoms with E-state index < -0.39 is 0 Å². The average molecular weight is 395 g/mol. The number of ether oxygens (including phenoxy) is 2. The van der Waals surface area contributed by atoms with Gasteiger partial charge in [-0.2, -0.15) is 5.06 Å². The van der Waals surface area contributed by atoms with Gasteiger partial charge in [-0.1, -0.05) is 67.6 Å². The molecule has 2 aliphatic rings. The standard InChI is InChI=1S/C24H29NO4/c1-17-22(16-27-14-19-9-5-3-6-10-19)25-21(13-23(29-25)18(2)26)24(17)28-15-20-11-7-4-8-12-20/h3-12,17,21-24H,13-16H2,1-2H3/t17-,21-,22-,23-,24+/m1/s1. The Morgan fingerprint density at radius 3 is 2.28 bits per heavy atom. The lowest BCUT2D eigenvalue weighted by molar-refractivity contribution is -0.190. The molecular weight excluding hydrogens is 366 g/mol. The molecule has 29 heavy (non-hydrogen) atoms. The van der Waals surface area contributed by atoms with Crippen molar-refractivity contribution in [1.82, 2.24) is 5.06 Å². The molecular formula is C24H29NO4. The quantitative estimate of drug-likeness (QED) is 0.681. The summed E-state index contributed by atoms with van der Waals surface area (Å²) in [5.41, 5.74) is 2.30. The molecule has 2 aromatic carbocycles. The second kappa shape index (κ2) is 9.18. The van der Waals surface area contributed by atoms with E-state index in [0.29, 0.717) is 26.2 Å². The van der Waals surface area contributed by atoms with Gasteiger partial charge in [-0.05, 0) is 18.1 Å². The van der Waals surface area contributed by atoms with E-state index in [1.54, 1.807) is 6.92 Å². The zero-order chi connectivity index (χ0) is 20.2. The molecule has 2 heterocycles. The molecule has 4 rings (SSSR count). The van der Waals surface area contributed by atoms with E-state index in [0.717, 1.165) is 11.1 Å². The van der Waals surface area contributed by atoms with Gasteiger partial charge in [-0.15, -0.1) is 0 Å². The van der Waals surface area contributed by atoms with E-state index in [2.05, 4.69) is 31.2 Å². The molecule has 0 aromatic heterocycles. The third-order valence-corrected chi connectivity index (χ3v) is 6.00. The fourth-order valence-corrected chi connectivity index (χ4v) is 4.36. The van der Waals surface area contributed by atoms with E-state index in [1.165, 1.54) is 0 Å². The first kappa shape index (κ1) is 20.2. The minimum atomic E-state index is -0.382. The van der Waals surface area contributed by atoms with Gasteiger partial charge in [-0.25, -0.2) is 0 Å². The van der Waals surface area contributed by atoms with E-state index in [4.69, 9.17) is 14.3 Å². The first-order chi connectivity index (χ1) is 14.1. The van der Waals surface area contributed by atoms with Crippen molar-refractivity contribution < 1.29 is 19.1 Å². The number of benzene rings is 2. The van der Waals surface area contributed by atoms with Crippen LogP contribution in [0.5, 0.6) is 0 Å². The molecule has 0 bridgehead atoms. The SMILES string of the molecule is CC(=O)[C@H]1C[C@@H]2[C@@H](OCc3ccccc3)[C@H](C)[C@@H](COCc3ccccc3)N2O1. The van der Waals surface area contributed by atoms with Gasteiger partial charge in [0, 0.05) is 12.3 Å². The van der Waals surface area contributed by atoms with Gasteiger partial charge in [0.1, 0.15) is 6.10 Å².